The highest BCUT2D eigenvalue weighted by Crippen LogP contribution is 2.33. The highest BCUT2D eigenvalue weighted by atomic mass is 35.5. The van der Waals surface area contributed by atoms with E-state index in [9.17, 15) is 4.79 Å². The molecule has 3 aromatic rings. The zero-order valence-electron chi connectivity index (χ0n) is 14.5. The average Bonchev–Trinajstić information content (AvgIpc) is 2.66. The predicted octanol–water partition coefficient (Wildman–Crippen LogP) is 6.91. The van der Waals surface area contributed by atoms with E-state index in [0.717, 1.165) is 4.90 Å². The molecule has 0 unspecified atom stereocenters. The van der Waals surface area contributed by atoms with Gasteiger partial charge in [0.2, 0.25) is 5.91 Å². The minimum absolute atomic E-state index is 0.143. The molecule has 3 aromatic carbocycles. The van der Waals surface area contributed by atoms with Crippen LogP contribution >= 0.6 is 35.0 Å². The molecule has 0 saturated carbocycles. The summed E-state index contributed by atoms with van der Waals surface area (Å²) in [5.41, 5.74) is 0.528. The summed E-state index contributed by atoms with van der Waals surface area (Å²) in [6.45, 7) is 1.84. The van der Waals surface area contributed by atoms with E-state index in [1.54, 1.807) is 30.3 Å². The van der Waals surface area contributed by atoms with Crippen LogP contribution in [0.25, 0.3) is 0 Å². The smallest absolute Gasteiger partial charge is 0.237 e. The molecule has 3 rings (SSSR count). The van der Waals surface area contributed by atoms with Gasteiger partial charge in [0.25, 0.3) is 0 Å². The van der Waals surface area contributed by atoms with Gasteiger partial charge in [-0.15, -0.1) is 11.8 Å². The van der Waals surface area contributed by atoms with Gasteiger partial charge in [0.15, 0.2) is 5.75 Å². The van der Waals surface area contributed by atoms with Gasteiger partial charge in [0.1, 0.15) is 5.75 Å². The molecule has 0 aliphatic carbocycles. The van der Waals surface area contributed by atoms with Crippen molar-refractivity contribution in [3.8, 4) is 11.5 Å². The van der Waals surface area contributed by atoms with Crippen molar-refractivity contribution in [3.63, 3.8) is 0 Å². The summed E-state index contributed by atoms with van der Waals surface area (Å²) < 4.78 is 5.88. The number of hydrogen-bond donors (Lipinski definition) is 1. The van der Waals surface area contributed by atoms with E-state index in [4.69, 9.17) is 27.9 Å². The van der Waals surface area contributed by atoms with Crippen molar-refractivity contribution in [1.29, 1.82) is 0 Å². The minimum atomic E-state index is -0.310. The van der Waals surface area contributed by atoms with Crippen molar-refractivity contribution in [2.75, 3.05) is 5.32 Å². The molecular weight excluding hydrogens is 401 g/mol. The van der Waals surface area contributed by atoms with Crippen molar-refractivity contribution in [2.24, 2.45) is 0 Å². The maximum absolute atomic E-state index is 12.6. The van der Waals surface area contributed by atoms with Crippen LogP contribution in [0.2, 0.25) is 10.0 Å². The monoisotopic (exact) mass is 417 g/mol. The Morgan fingerprint density at radius 3 is 2.33 bits per heavy atom. The highest BCUT2D eigenvalue weighted by molar-refractivity contribution is 8.00. The van der Waals surface area contributed by atoms with Crippen LogP contribution in [0.4, 0.5) is 5.69 Å². The molecule has 0 fully saturated rings. The molecule has 6 heteroatoms. The largest absolute Gasteiger partial charge is 0.455 e. The lowest BCUT2D eigenvalue weighted by Gasteiger charge is -2.15. The molecule has 27 heavy (non-hydrogen) atoms. The van der Waals surface area contributed by atoms with Crippen molar-refractivity contribution in [1.82, 2.24) is 0 Å². The van der Waals surface area contributed by atoms with Gasteiger partial charge in [-0.3, -0.25) is 4.79 Å². The number of amides is 1. The second-order valence-corrected chi connectivity index (χ2v) is 8.05. The van der Waals surface area contributed by atoms with Gasteiger partial charge in [-0.05, 0) is 61.5 Å². The van der Waals surface area contributed by atoms with Crippen molar-refractivity contribution in [2.45, 2.75) is 17.1 Å². The number of halogens is 2. The molecule has 138 valence electrons. The molecule has 0 saturated heterocycles. The lowest BCUT2D eigenvalue weighted by atomic mass is 10.2. The lowest BCUT2D eigenvalue weighted by molar-refractivity contribution is -0.115. The van der Waals surface area contributed by atoms with Gasteiger partial charge in [0, 0.05) is 14.9 Å². The van der Waals surface area contributed by atoms with E-state index in [2.05, 4.69) is 5.32 Å². The molecule has 3 nitrogen and oxygen atoms in total. The van der Waals surface area contributed by atoms with E-state index < -0.39 is 0 Å². The Balaban J connectivity index is 1.72. The fraction of sp³-hybridized carbons (Fsp3) is 0.0952. The Hall–Kier alpha value is -2.14. The summed E-state index contributed by atoms with van der Waals surface area (Å²) in [7, 11) is 0. The van der Waals surface area contributed by atoms with E-state index >= 15 is 0 Å². The molecule has 0 aliphatic rings. The number of ether oxygens (including phenoxy) is 1. The van der Waals surface area contributed by atoms with E-state index in [1.165, 1.54) is 11.8 Å². The molecule has 0 heterocycles. The molecule has 0 aromatic heterocycles. The van der Waals surface area contributed by atoms with Gasteiger partial charge >= 0.3 is 0 Å². The summed E-state index contributed by atoms with van der Waals surface area (Å²) in [5, 5.41) is 3.78. The number of benzene rings is 3. The number of hydrogen-bond acceptors (Lipinski definition) is 3. The van der Waals surface area contributed by atoms with Gasteiger partial charge in [0.05, 0.1) is 10.9 Å². The van der Waals surface area contributed by atoms with Gasteiger partial charge in [-0.1, -0.05) is 41.4 Å². The normalized spacial score (nSPS) is 11.7. The number of thioether (sulfide) groups is 1. The Bertz CT molecular complexity index is 917. The van der Waals surface area contributed by atoms with E-state index in [1.807, 2.05) is 49.4 Å². The number of carbonyl (C=O) groups is 1. The number of para-hydroxylation sites is 1. The average molecular weight is 418 g/mol. The van der Waals surface area contributed by atoms with Crippen LogP contribution in [0.15, 0.2) is 77.7 Å². The first-order valence-electron chi connectivity index (χ1n) is 8.27. The van der Waals surface area contributed by atoms with Crippen LogP contribution in [0.5, 0.6) is 11.5 Å². The second-order valence-electron chi connectivity index (χ2n) is 5.76. The summed E-state index contributed by atoms with van der Waals surface area (Å²) >= 11 is 13.5. The molecule has 0 bridgehead atoms. The van der Waals surface area contributed by atoms with Crippen molar-refractivity contribution in [3.05, 3.63) is 82.8 Å². The molecule has 0 radical (unpaired) electrons. The van der Waals surface area contributed by atoms with Crippen LogP contribution in [0.3, 0.4) is 0 Å². The zero-order valence-corrected chi connectivity index (χ0v) is 16.8. The maximum Gasteiger partial charge on any atom is 0.237 e. The van der Waals surface area contributed by atoms with Crippen molar-refractivity contribution < 1.29 is 9.53 Å². The first-order valence-corrected chi connectivity index (χ1v) is 9.90. The Kier molecular flexibility index (Phi) is 6.67. The van der Waals surface area contributed by atoms with Crippen LogP contribution in [0.1, 0.15) is 6.92 Å². The summed E-state index contributed by atoms with van der Waals surface area (Å²) in [5.74, 6) is 1.07. The number of rotatable bonds is 6. The molecule has 1 N–H and O–H groups in total. The highest BCUT2D eigenvalue weighted by Gasteiger charge is 2.17. The molecule has 0 spiro atoms. The lowest BCUT2D eigenvalue weighted by Crippen LogP contribution is -2.22. The number of nitrogens with one attached hydrogen (secondary N) is 1. The number of anilines is 1. The zero-order chi connectivity index (χ0) is 19.2. The Labute approximate surface area is 172 Å². The molecular formula is C21H17Cl2NO2S. The predicted molar refractivity (Wildman–Crippen MR) is 113 cm³/mol. The van der Waals surface area contributed by atoms with E-state index in [-0.39, 0.29) is 11.2 Å². The van der Waals surface area contributed by atoms with E-state index in [0.29, 0.717) is 27.2 Å². The first kappa shape index (κ1) is 19.6. The van der Waals surface area contributed by atoms with Crippen LogP contribution in [-0.2, 0) is 4.79 Å². The summed E-state index contributed by atoms with van der Waals surface area (Å²) in [6, 6.07) is 21.9. The summed E-state index contributed by atoms with van der Waals surface area (Å²) in [6.07, 6.45) is 0. The quantitative estimate of drug-likeness (QED) is 0.442. The SMILES string of the molecule is C[C@@H](Sc1ccc(Cl)cc1)C(=O)Nc1cc(Cl)ccc1Oc1ccccc1. The molecule has 0 aliphatic heterocycles. The summed E-state index contributed by atoms with van der Waals surface area (Å²) in [4.78, 5) is 13.6. The second kappa shape index (κ2) is 9.18. The number of carbonyl (C=O) groups excluding carboxylic acids is 1. The molecule has 1 amide bonds. The topological polar surface area (TPSA) is 38.3 Å². The Morgan fingerprint density at radius 1 is 0.963 bits per heavy atom. The maximum atomic E-state index is 12.6. The minimum Gasteiger partial charge on any atom is -0.455 e. The van der Waals surface area contributed by atoms with Crippen LogP contribution in [0, 0.1) is 0 Å². The first-order chi connectivity index (χ1) is 13.0. The third-order valence-electron chi connectivity index (χ3n) is 3.67. The van der Waals surface area contributed by atoms with Gasteiger partial charge in [-0.25, -0.2) is 0 Å². The standard InChI is InChI=1S/C21H17Cl2NO2S/c1-14(27-18-10-7-15(22)8-11-18)21(25)24-19-13-16(23)9-12-20(19)26-17-5-3-2-4-6-17/h2-14H,1H3,(H,24,25)/t14-/m1/s1. The van der Waals surface area contributed by atoms with Crippen LogP contribution < -0.4 is 10.1 Å². The fourth-order valence-electron chi connectivity index (χ4n) is 2.31. The van der Waals surface area contributed by atoms with Crippen LogP contribution in [-0.4, -0.2) is 11.2 Å². The third-order valence-corrected chi connectivity index (χ3v) is 5.27. The van der Waals surface area contributed by atoms with Gasteiger partial charge in [-0.2, -0.15) is 0 Å². The fourth-order valence-corrected chi connectivity index (χ4v) is 3.48. The van der Waals surface area contributed by atoms with Gasteiger partial charge < -0.3 is 10.1 Å². The molecule has 1 atom stereocenters. The van der Waals surface area contributed by atoms with Crippen molar-refractivity contribution >= 4 is 46.6 Å². The Morgan fingerprint density at radius 2 is 1.63 bits per heavy atom. The third kappa shape index (κ3) is 5.67.